The van der Waals surface area contributed by atoms with Crippen molar-refractivity contribution in [1.82, 2.24) is 10.2 Å². The third-order valence-corrected chi connectivity index (χ3v) is 5.33. The molecule has 150 valence electrons. The normalized spacial score (nSPS) is 14.1. The molecule has 0 saturated carbocycles. The van der Waals surface area contributed by atoms with E-state index in [1.807, 2.05) is 12.1 Å². The summed E-state index contributed by atoms with van der Waals surface area (Å²) in [6.07, 6.45) is 0.822. The fourth-order valence-corrected chi connectivity index (χ4v) is 3.70. The number of nitrogens with zero attached hydrogens (tertiary/aromatic N) is 3. The Morgan fingerprint density at radius 1 is 1.03 bits per heavy atom. The number of nitriles is 1. The van der Waals surface area contributed by atoms with Crippen LogP contribution in [0.3, 0.4) is 0 Å². The van der Waals surface area contributed by atoms with Crippen LogP contribution < -0.4 is 10.2 Å². The molecule has 0 aromatic heterocycles. The highest BCUT2D eigenvalue weighted by Crippen LogP contribution is 2.21. The van der Waals surface area contributed by atoms with Gasteiger partial charge in [0.05, 0.1) is 28.8 Å². The highest BCUT2D eigenvalue weighted by atomic mass is 35.5. The molecule has 2 aromatic carbocycles. The van der Waals surface area contributed by atoms with Gasteiger partial charge in [0.15, 0.2) is 0 Å². The quantitative estimate of drug-likeness (QED) is 0.806. The summed E-state index contributed by atoms with van der Waals surface area (Å²) in [5.41, 5.74) is 1.94. The van der Waals surface area contributed by atoms with Crippen molar-refractivity contribution in [2.45, 2.75) is 6.42 Å². The zero-order valence-electron chi connectivity index (χ0n) is 15.7. The second-order valence-electron chi connectivity index (χ2n) is 6.69. The second-order valence-corrected chi connectivity index (χ2v) is 7.53. The number of amides is 2. The van der Waals surface area contributed by atoms with Gasteiger partial charge in [0.2, 0.25) is 5.91 Å². The van der Waals surface area contributed by atoms with Crippen LogP contribution in [-0.4, -0.2) is 49.4 Å². The molecule has 6 nitrogen and oxygen atoms in total. The molecule has 1 fully saturated rings. The third-order valence-electron chi connectivity index (χ3n) is 4.79. The first-order valence-electron chi connectivity index (χ1n) is 9.24. The molecule has 1 aliphatic rings. The second kappa shape index (κ2) is 9.64. The van der Waals surface area contributed by atoms with Crippen molar-refractivity contribution >= 4 is 40.7 Å². The van der Waals surface area contributed by atoms with E-state index in [0.29, 0.717) is 30.2 Å². The Morgan fingerprint density at radius 3 is 2.48 bits per heavy atom. The first kappa shape index (κ1) is 21.0. The van der Waals surface area contributed by atoms with Gasteiger partial charge in [-0.25, -0.2) is 0 Å². The van der Waals surface area contributed by atoms with Gasteiger partial charge in [-0.15, -0.1) is 0 Å². The molecule has 0 bridgehead atoms. The predicted octanol–water partition coefficient (Wildman–Crippen LogP) is 3.33. The number of anilines is 1. The highest BCUT2D eigenvalue weighted by Gasteiger charge is 2.20. The molecule has 0 radical (unpaired) electrons. The van der Waals surface area contributed by atoms with Crippen molar-refractivity contribution in [2.24, 2.45) is 0 Å². The van der Waals surface area contributed by atoms with Gasteiger partial charge in [0, 0.05) is 36.9 Å². The number of hydrogen-bond acceptors (Lipinski definition) is 4. The first-order valence-corrected chi connectivity index (χ1v) is 9.99. The van der Waals surface area contributed by atoms with Gasteiger partial charge >= 0.3 is 0 Å². The lowest BCUT2D eigenvalue weighted by atomic mass is 10.2. The zero-order chi connectivity index (χ0) is 20.8. The molecule has 2 aromatic rings. The van der Waals surface area contributed by atoms with E-state index in [1.54, 1.807) is 23.1 Å². The van der Waals surface area contributed by atoms with E-state index >= 15 is 0 Å². The van der Waals surface area contributed by atoms with Crippen molar-refractivity contribution in [3.05, 3.63) is 63.6 Å². The van der Waals surface area contributed by atoms with Crippen molar-refractivity contribution in [3.8, 4) is 6.07 Å². The van der Waals surface area contributed by atoms with E-state index in [1.165, 1.54) is 12.1 Å². The number of halogens is 2. The summed E-state index contributed by atoms with van der Waals surface area (Å²) in [7, 11) is 0. The van der Waals surface area contributed by atoms with Crippen molar-refractivity contribution in [1.29, 1.82) is 5.26 Å². The van der Waals surface area contributed by atoms with Gasteiger partial charge in [-0.1, -0.05) is 23.2 Å². The Morgan fingerprint density at radius 2 is 1.79 bits per heavy atom. The molecular formula is C21H20Cl2N4O2. The summed E-state index contributed by atoms with van der Waals surface area (Å²) < 4.78 is 0. The molecule has 1 saturated heterocycles. The minimum absolute atomic E-state index is 0.0886. The predicted molar refractivity (Wildman–Crippen MR) is 113 cm³/mol. The Labute approximate surface area is 179 Å². The van der Waals surface area contributed by atoms with Gasteiger partial charge in [-0.05, 0) is 48.9 Å². The lowest BCUT2D eigenvalue weighted by molar-refractivity contribution is -0.129. The van der Waals surface area contributed by atoms with Crippen LogP contribution in [0.5, 0.6) is 0 Å². The first-order chi connectivity index (χ1) is 14.0. The lowest BCUT2D eigenvalue weighted by Gasteiger charge is -2.24. The van der Waals surface area contributed by atoms with Crippen LogP contribution in [0, 0.1) is 11.3 Å². The fourth-order valence-electron chi connectivity index (χ4n) is 3.21. The highest BCUT2D eigenvalue weighted by molar-refractivity contribution is 6.36. The monoisotopic (exact) mass is 430 g/mol. The number of carbonyl (C=O) groups excluding carboxylic acids is 2. The molecule has 1 heterocycles. The largest absolute Gasteiger partial charge is 0.370 e. The van der Waals surface area contributed by atoms with E-state index < -0.39 is 5.91 Å². The number of benzene rings is 2. The summed E-state index contributed by atoms with van der Waals surface area (Å²) in [6.45, 7) is 2.62. The van der Waals surface area contributed by atoms with Crippen LogP contribution >= 0.6 is 23.2 Å². The van der Waals surface area contributed by atoms with E-state index in [0.717, 1.165) is 18.7 Å². The Balaban J connectivity index is 1.53. The van der Waals surface area contributed by atoms with Crippen molar-refractivity contribution in [3.63, 3.8) is 0 Å². The van der Waals surface area contributed by atoms with E-state index in [9.17, 15) is 9.59 Å². The minimum atomic E-state index is -0.408. The van der Waals surface area contributed by atoms with Crippen LogP contribution in [0.15, 0.2) is 42.5 Å². The van der Waals surface area contributed by atoms with Gasteiger partial charge in [-0.2, -0.15) is 5.26 Å². The molecule has 0 unspecified atom stereocenters. The maximum Gasteiger partial charge on any atom is 0.253 e. The van der Waals surface area contributed by atoms with E-state index in [4.69, 9.17) is 28.5 Å². The van der Waals surface area contributed by atoms with Crippen LogP contribution in [0.4, 0.5) is 5.69 Å². The zero-order valence-corrected chi connectivity index (χ0v) is 17.2. The maximum absolute atomic E-state index is 12.6. The number of hydrogen-bond donors (Lipinski definition) is 1. The van der Waals surface area contributed by atoms with Crippen LogP contribution in [0.2, 0.25) is 10.0 Å². The van der Waals surface area contributed by atoms with Gasteiger partial charge in [-0.3, -0.25) is 9.59 Å². The van der Waals surface area contributed by atoms with Crippen LogP contribution in [0.1, 0.15) is 22.3 Å². The average Bonchev–Trinajstić information content (AvgIpc) is 2.98. The third kappa shape index (κ3) is 5.41. The Hall–Kier alpha value is -2.75. The number of carbonyl (C=O) groups is 2. The van der Waals surface area contributed by atoms with Crippen molar-refractivity contribution < 1.29 is 9.59 Å². The van der Waals surface area contributed by atoms with E-state index in [-0.39, 0.29) is 23.0 Å². The maximum atomic E-state index is 12.6. The summed E-state index contributed by atoms with van der Waals surface area (Å²) >= 11 is 11.9. The average molecular weight is 431 g/mol. The molecule has 0 spiro atoms. The fraction of sp³-hybridized carbons (Fsp3) is 0.286. The molecule has 0 aliphatic carbocycles. The molecule has 29 heavy (non-hydrogen) atoms. The van der Waals surface area contributed by atoms with E-state index in [2.05, 4.69) is 16.3 Å². The number of nitrogens with one attached hydrogen (secondary N) is 1. The Bertz CT molecular complexity index is 941. The smallest absolute Gasteiger partial charge is 0.253 e. The molecule has 2 amide bonds. The van der Waals surface area contributed by atoms with Crippen LogP contribution in [-0.2, 0) is 4.79 Å². The summed E-state index contributed by atoms with van der Waals surface area (Å²) in [5, 5.41) is 12.2. The van der Waals surface area contributed by atoms with Crippen LogP contribution in [0.25, 0.3) is 0 Å². The summed E-state index contributed by atoms with van der Waals surface area (Å²) in [4.78, 5) is 28.8. The summed E-state index contributed by atoms with van der Waals surface area (Å²) in [5.74, 6) is -0.542. The summed E-state index contributed by atoms with van der Waals surface area (Å²) in [6, 6.07) is 14.1. The molecule has 8 heteroatoms. The van der Waals surface area contributed by atoms with Crippen molar-refractivity contribution in [2.75, 3.05) is 37.6 Å². The minimum Gasteiger partial charge on any atom is -0.370 e. The Kier molecular flexibility index (Phi) is 6.97. The topological polar surface area (TPSA) is 76.4 Å². The molecule has 1 N–H and O–H groups in total. The SMILES string of the molecule is N#Cc1ccc(N2CCCN(C(=O)CNC(=O)c3ccc(Cl)cc3Cl)CC2)cc1. The number of rotatable bonds is 4. The van der Waals surface area contributed by atoms with Gasteiger partial charge in [0.25, 0.3) is 5.91 Å². The molecule has 3 rings (SSSR count). The van der Waals surface area contributed by atoms with Gasteiger partial charge < -0.3 is 15.1 Å². The lowest BCUT2D eigenvalue weighted by Crippen LogP contribution is -2.42. The van der Waals surface area contributed by atoms with Gasteiger partial charge in [0.1, 0.15) is 0 Å². The molecule has 0 atom stereocenters. The molecule has 1 aliphatic heterocycles. The molecular weight excluding hydrogens is 411 g/mol. The standard InChI is InChI=1S/C21H20Cl2N4O2/c22-16-4-7-18(19(23)12-16)21(29)25-14-20(28)27-9-1-8-26(10-11-27)17-5-2-15(13-24)3-6-17/h2-7,12H,1,8-11,14H2,(H,25,29).